The minimum atomic E-state index is -2.68. The lowest BCUT2D eigenvalue weighted by atomic mass is 10.0. The van der Waals surface area contributed by atoms with Crippen LogP contribution in [-0.4, -0.2) is 17.2 Å². The summed E-state index contributed by atoms with van der Waals surface area (Å²) >= 11 is 3.35. The van der Waals surface area contributed by atoms with E-state index in [1.54, 1.807) is 0 Å². The normalized spacial score (nSPS) is 23.0. The van der Waals surface area contributed by atoms with Crippen LogP contribution in [0.5, 0.6) is 0 Å². The second kappa shape index (κ2) is 5.99. The largest absolute Gasteiger partial charge is 0.348 e. The molecule has 0 aromatic heterocycles. The summed E-state index contributed by atoms with van der Waals surface area (Å²) in [6.07, 6.45) is -0.249. The fourth-order valence-electron chi connectivity index (χ4n) is 2.36. The van der Waals surface area contributed by atoms with Gasteiger partial charge < -0.3 is 5.32 Å². The van der Waals surface area contributed by atoms with Crippen LogP contribution >= 0.6 is 15.9 Å². The predicted octanol–water partition coefficient (Wildman–Crippen LogP) is 3.67. The number of halogens is 3. The van der Waals surface area contributed by atoms with Crippen molar-refractivity contribution in [1.82, 2.24) is 5.32 Å². The molecule has 1 N–H and O–H groups in total. The SMILES string of the molecule is O=C(NC(CBr)c1ccccc1)C1CCC(F)(F)C1. The van der Waals surface area contributed by atoms with E-state index in [4.69, 9.17) is 0 Å². The summed E-state index contributed by atoms with van der Waals surface area (Å²) in [6, 6.07) is 9.32. The Bertz CT molecular complexity index is 438. The first-order valence-corrected chi connectivity index (χ1v) is 7.43. The topological polar surface area (TPSA) is 29.1 Å². The van der Waals surface area contributed by atoms with E-state index in [-0.39, 0.29) is 31.2 Å². The minimum absolute atomic E-state index is 0.178. The number of carbonyl (C=O) groups is 1. The van der Waals surface area contributed by atoms with E-state index < -0.39 is 11.8 Å². The summed E-state index contributed by atoms with van der Waals surface area (Å²) in [7, 11) is 0. The van der Waals surface area contributed by atoms with Crippen LogP contribution in [0.3, 0.4) is 0 Å². The highest BCUT2D eigenvalue weighted by Gasteiger charge is 2.42. The maximum Gasteiger partial charge on any atom is 0.248 e. The summed E-state index contributed by atoms with van der Waals surface area (Å²) in [5, 5.41) is 3.40. The summed E-state index contributed by atoms with van der Waals surface area (Å²) in [4.78, 5) is 12.0. The van der Waals surface area contributed by atoms with Crippen LogP contribution in [0.4, 0.5) is 8.78 Å². The van der Waals surface area contributed by atoms with Gasteiger partial charge in [0.05, 0.1) is 6.04 Å². The molecule has 2 rings (SSSR count). The van der Waals surface area contributed by atoms with E-state index in [1.807, 2.05) is 30.3 Å². The maximum absolute atomic E-state index is 13.1. The molecule has 0 spiro atoms. The third-order valence-electron chi connectivity index (χ3n) is 3.45. The van der Waals surface area contributed by atoms with Gasteiger partial charge in [-0.25, -0.2) is 8.78 Å². The Balaban J connectivity index is 1.98. The number of hydrogen-bond acceptors (Lipinski definition) is 1. The highest BCUT2D eigenvalue weighted by molar-refractivity contribution is 9.09. The summed E-state index contributed by atoms with van der Waals surface area (Å²) < 4.78 is 26.2. The monoisotopic (exact) mass is 331 g/mol. The summed E-state index contributed by atoms with van der Waals surface area (Å²) in [6.45, 7) is 0. The lowest BCUT2D eigenvalue weighted by Crippen LogP contribution is -2.34. The van der Waals surface area contributed by atoms with E-state index in [0.29, 0.717) is 5.33 Å². The molecular formula is C14H16BrF2NO. The molecule has 0 aliphatic heterocycles. The molecule has 1 aromatic carbocycles. The van der Waals surface area contributed by atoms with Crippen LogP contribution in [-0.2, 0) is 4.79 Å². The minimum Gasteiger partial charge on any atom is -0.348 e. The molecular weight excluding hydrogens is 316 g/mol. The van der Waals surface area contributed by atoms with Crippen molar-refractivity contribution in [1.29, 1.82) is 0 Å². The maximum atomic E-state index is 13.1. The van der Waals surface area contributed by atoms with Crippen molar-refractivity contribution in [2.45, 2.75) is 31.2 Å². The van der Waals surface area contributed by atoms with Crippen molar-refractivity contribution < 1.29 is 13.6 Å². The Morgan fingerprint density at radius 2 is 2.11 bits per heavy atom. The summed E-state index contributed by atoms with van der Waals surface area (Å²) in [5.74, 6) is -3.52. The molecule has 0 saturated heterocycles. The van der Waals surface area contributed by atoms with E-state index in [2.05, 4.69) is 21.2 Å². The van der Waals surface area contributed by atoms with Crippen LogP contribution in [0.1, 0.15) is 30.9 Å². The lowest BCUT2D eigenvalue weighted by Gasteiger charge is -2.19. The van der Waals surface area contributed by atoms with Crippen LogP contribution in [0.25, 0.3) is 0 Å². The Labute approximate surface area is 119 Å². The number of nitrogens with one attached hydrogen (secondary N) is 1. The van der Waals surface area contributed by atoms with Crippen LogP contribution in [0.2, 0.25) is 0 Å². The highest BCUT2D eigenvalue weighted by atomic mass is 79.9. The van der Waals surface area contributed by atoms with Gasteiger partial charge in [0.1, 0.15) is 0 Å². The molecule has 1 fully saturated rings. The number of benzene rings is 1. The van der Waals surface area contributed by atoms with Gasteiger partial charge in [-0.05, 0) is 12.0 Å². The average Bonchev–Trinajstić information content (AvgIpc) is 2.77. The molecule has 1 aromatic rings. The third-order valence-corrected chi connectivity index (χ3v) is 4.09. The summed E-state index contributed by atoms with van der Waals surface area (Å²) in [5.41, 5.74) is 0.970. The van der Waals surface area contributed by atoms with E-state index in [1.165, 1.54) is 0 Å². The zero-order valence-electron chi connectivity index (χ0n) is 10.4. The molecule has 1 aliphatic carbocycles. The molecule has 1 saturated carbocycles. The molecule has 0 radical (unpaired) electrons. The lowest BCUT2D eigenvalue weighted by molar-refractivity contribution is -0.126. The van der Waals surface area contributed by atoms with Gasteiger partial charge in [0.25, 0.3) is 0 Å². The van der Waals surface area contributed by atoms with E-state index in [9.17, 15) is 13.6 Å². The third kappa shape index (κ3) is 3.75. The van der Waals surface area contributed by atoms with Gasteiger partial charge in [-0.3, -0.25) is 4.79 Å². The van der Waals surface area contributed by atoms with E-state index >= 15 is 0 Å². The molecule has 2 unspecified atom stereocenters. The smallest absolute Gasteiger partial charge is 0.248 e. The quantitative estimate of drug-likeness (QED) is 0.838. The van der Waals surface area contributed by atoms with Crippen molar-refractivity contribution in [3.8, 4) is 0 Å². The Hall–Kier alpha value is -0.970. The molecule has 0 heterocycles. The number of alkyl halides is 3. The van der Waals surface area contributed by atoms with Crippen LogP contribution in [0.15, 0.2) is 30.3 Å². The standard InChI is InChI=1S/C14H16BrF2NO/c15-9-12(10-4-2-1-3-5-10)18-13(19)11-6-7-14(16,17)8-11/h1-5,11-12H,6-9H2,(H,18,19). The second-order valence-corrected chi connectivity index (χ2v) is 5.57. The van der Waals surface area contributed by atoms with Crippen molar-refractivity contribution in [2.75, 3.05) is 5.33 Å². The van der Waals surface area contributed by atoms with Gasteiger partial charge in [-0.2, -0.15) is 0 Å². The molecule has 5 heteroatoms. The molecule has 2 nitrogen and oxygen atoms in total. The van der Waals surface area contributed by atoms with Gasteiger partial charge in [-0.1, -0.05) is 46.3 Å². The van der Waals surface area contributed by atoms with Crippen molar-refractivity contribution >= 4 is 21.8 Å². The van der Waals surface area contributed by atoms with Crippen molar-refractivity contribution in [3.05, 3.63) is 35.9 Å². The number of carbonyl (C=O) groups excluding carboxylic acids is 1. The number of hydrogen-bond donors (Lipinski definition) is 1. The van der Waals surface area contributed by atoms with Crippen LogP contribution < -0.4 is 5.32 Å². The highest BCUT2D eigenvalue weighted by Crippen LogP contribution is 2.39. The Kier molecular flexibility index (Phi) is 4.55. The molecule has 104 valence electrons. The Morgan fingerprint density at radius 3 is 2.63 bits per heavy atom. The van der Waals surface area contributed by atoms with Gasteiger partial charge in [-0.15, -0.1) is 0 Å². The Morgan fingerprint density at radius 1 is 1.42 bits per heavy atom. The average molecular weight is 332 g/mol. The van der Waals surface area contributed by atoms with Gasteiger partial charge in [0.2, 0.25) is 11.8 Å². The van der Waals surface area contributed by atoms with Gasteiger partial charge in [0.15, 0.2) is 0 Å². The second-order valence-electron chi connectivity index (χ2n) is 4.92. The van der Waals surface area contributed by atoms with E-state index in [0.717, 1.165) is 5.56 Å². The van der Waals surface area contributed by atoms with Crippen LogP contribution in [0, 0.1) is 5.92 Å². The molecule has 1 amide bonds. The number of rotatable bonds is 4. The fraction of sp³-hybridized carbons (Fsp3) is 0.500. The number of amides is 1. The molecule has 0 bridgehead atoms. The molecule has 19 heavy (non-hydrogen) atoms. The zero-order chi connectivity index (χ0) is 13.9. The van der Waals surface area contributed by atoms with Gasteiger partial charge >= 0.3 is 0 Å². The van der Waals surface area contributed by atoms with Gasteiger partial charge in [0, 0.05) is 24.1 Å². The molecule has 1 aliphatic rings. The molecule has 2 atom stereocenters. The van der Waals surface area contributed by atoms with Crippen molar-refractivity contribution in [2.24, 2.45) is 5.92 Å². The zero-order valence-corrected chi connectivity index (χ0v) is 12.0. The van der Waals surface area contributed by atoms with Crippen molar-refractivity contribution in [3.63, 3.8) is 0 Å². The predicted molar refractivity (Wildman–Crippen MR) is 73.4 cm³/mol. The first-order valence-electron chi connectivity index (χ1n) is 6.31. The first kappa shape index (κ1) is 14.4. The first-order chi connectivity index (χ1) is 9.02. The fourth-order valence-corrected chi connectivity index (χ4v) is 2.90.